The van der Waals surface area contributed by atoms with Crippen LogP contribution >= 0.6 is 11.6 Å². The Morgan fingerprint density at radius 1 is 1.06 bits per heavy atom. The molecule has 4 rings (SSSR count). The second-order valence-corrected chi connectivity index (χ2v) is 8.36. The Morgan fingerprint density at radius 2 is 1.74 bits per heavy atom. The third kappa shape index (κ3) is 4.50. The molecule has 1 aromatic heterocycles. The highest BCUT2D eigenvalue weighted by atomic mass is 35.5. The van der Waals surface area contributed by atoms with Gasteiger partial charge < -0.3 is 19.7 Å². The van der Waals surface area contributed by atoms with Crippen LogP contribution < -0.4 is 10.2 Å². The normalized spacial score (nSPS) is 15.3. The van der Waals surface area contributed by atoms with Crippen molar-refractivity contribution in [1.29, 1.82) is 0 Å². The molecular formula is C24H26ClN4O2+. The van der Waals surface area contributed by atoms with Crippen LogP contribution in [0.2, 0.25) is 5.02 Å². The fraction of sp³-hybridized carbons (Fsp3) is 0.250. The number of benzene rings is 2. The van der Waals surface area contributed by atoms with Gasteiger partial charge in [-0.05, 0) is 24.3 Å². The Balaban J connectivity index is 1.71. The number of carbonyl (C=O) groups excluding carboxylic acids is 2. The number of halogens is 1. The van der Waals surface area contributed by atoms with E-state index in [2.05, 4.69) is 12.4 Å². The molecule has 3 aromatic rings. The molecule has 0 bridgehead atoms. The Morgan fingerprint density at radius 3 is 2.48 bits per heavy atom. The summed E-state index contributed by atoms with van der Waals surface area (Å²) in [6.07, 6.45) is 3.73. The molecule has 0 unspecified atom stereocenters. The van der Waals surface area contributed by atoms with Crippen molar-refractivity contribution in [3.8, 4) is 0 Å². The molecule has 1 saturated heterocycles. The fourth-order valence-corrected chi connectivity index (χ4v) is 4.11. The molecule has 2 N–H and O–H groups in total. The van der Waals surface area contributed by atoms with E-state index in [1.165, 1.54) is 4.90 Å². The van der Waals surface area contributed by atoms with E-state index < -0.39 is 5.91 Å². The summed E-state index contributed by atoms with van der Waals surface area (Å²) in [6, 6.07) is 14.8. The quantitative estimate of drug-likeness (QED) is 0.613. The molecule has 1 fully saturated rings. The number of para-hydroxylation sites is 1. The molecule has 2 aromatic carbocycles. The zero-order valence-corrected chi connectivity index (χ0v) is 18.4. The smallest absolute Gasteiger partial charge is 0.270 e. The maximum Gasteiger partial charge on any atom is 0.270 e. The van der Waals surface area contributed by atoms with Gasteiger partial charge in [0, 0.05) is 29.7 Å². The van der Waals surface area contributed by atoms with Crippen LogP contribution in [0.1, 0.15) is 15.9 Å². The lowest BCUT2D eigenvalue weighted by Crippen LogP contribution is -3.12. The number of hydrogen-bond donors (Lipinski definition) is 2. The largest absolute Gasteiger partial charge is 0.350 e. The van der Waals surface area contributed by atoms with Crippen molar-refractivity contribution in [3.63, 3.8) is 0 Å². The van der Waals surface area contributed by atoms with Crippen LogP contribution in [-0.4, -0.2) is 54.5 Å². The fourth-order valence-electron chi connectivity index (χ4n) is 3.89. The summed E-state index contributed by atoms with van der Waals surface area (Å²) in [5.74, 6) is -0.578. The van der Waals surface area contributed by atoms with Gasteiger partial charge in [-0.1, -0.05) is 41.9 Å². The molecule has 6 nitrogen and oxygen atoms in total. The molecular weight excluding hydrogens is 412 g/mol. The number of fused-ring (bicyclic) bond motifs is 1. The van der Waals surface area contributed by atoms with E-state index in [0.29, 0.717) is 23.7 Å². The molecule has 0 atom stereocenters. The first-order valence-corrected chi connectivity index (χ1v) is 10.7. The minimum Gasteiger partial charge on any atom is -0.350 e. The molecule has 0 radical (unpaired) electrons. The molecule has 2 amide bonds. The van der Waals surface area contributed by atoms with Crippen LogP contribution in [0.3, 0.4) is 0 Å². The number of aromatic nitrogens is 1. The maximum absolute atomic E-state index is 13.4. The average molecular weight is 438 g/mol. The molecule has 7 heteroatoms. The summed E-state index contributed by atoms with van der Waals surface area (Å²) in [7, 11) is 4.08. The number of hydrogen-bond acceptors (Lipinski definition) is 2. The monoisotopic (exact) mass is 437 g/mol. The van der Waals surface area contributed by atoms with Crippen molar-refractivity contribution in [2.45, 2.75) is 0 Å². The molecule has 0 aliphatic carbocycles. The second-order valence-electron chi connectivity index (χ2n) is 7.95. The van der Waals surface area contributed by atoms with E-state index >= 15 is 0 Å². The zero-order chi connectivity index (χ0) is 22.0. The summed E-state index contributed by atoms with van der Waals surface area (Å²) in [5, 5.41) is 4.20. The number of rotatable bonds is 4. The highest BCUT2D eigenvalue weighted by Crippen LogP contribution is 2.23. The maximum atomic E-state index is 13.4. The van der Waals surface area contributed by atoms with E-state index in [4.69, 9.17) is 11.6 Å². The summed E-state index contributed by atoms with van der Waals surface area (Å²) in [5.41, 5.74) is 2.52. The Kier molecular flexibility index (Phi) is 6.11. The number of quaternary nitrogens is 1. The summed E-state index contributed by atoms with van der Waals surface area (Å²) in [6.45, 7) is 3.07. The van der Waals surface area contributed by atoms with E-state index in [1.807, 2.05) is 42.1 Å². The number of piperazine rings is 1. The number of nitrogens with zero attached hydrogens (tertiary/aromatic N) is 2. The molecule has 0 spiro atoms. The predicted octanol–water partition coefficient (Wildman–Crippen LogP) is 1.96. The molecule has 1 aliphatic heterocycles. The van der Waals surface area contributed by atoms with Crippen molar-refractivity contribution in [2.75, 3.05) is 33.2 Å². The third-order valence-electron chi connectivity index (χ3n) is 5.73. The topological polar surface area (TPSA) is 58.8 Å². The zero-order valence-electron chi connectivity index (χ0n) is 17.7. The van der Waals surface area contributed by atoms with Crippen molar-refractivity contribution >= 4 is 40.4 Å². The van der Waals surface area contributed by atoms with Crippen molar-refractivity contribution in [2.24, 2.45) is 7.05 Å². The lowest BCUT2D eigenvalue weighted by atomic mass is 10.1. The van der Waals surface area contributed by atoms with Gasteiger partial charge in [0.15, 0.2) is 0 Å². The predicted molar refractivity (Wildman–Crippen MR) is 123 cm³/mol. The number of carbonyl (C=O) groups is 2. The standard InChI is InChI=1S/C24H25ClN4O2/c1-27-11-13-29(14-12-27)24(31)21(26-23(30)19-8-3-5-9-20(19)25)15-17-16-28(2)22-10-6-4-7-18(17)22/h3-10,15-16H,11-14H2,1-2H3,(H,26,30)/p+1/b21-15-. The first-order chi connectivity index (χ1) is 14.9. The number of nitrogens with one attached hydrogen (secondary N) is 2. The number of aryl methyl sites for hydroxylation is 1. The molecule has 2 heterocycles. The van der Waals surface area contributed by atoms with Crippen LogP contribution in [-0.2, 0) is 11.8 Å². The van der Waals surface area contributed by atoms with Crippen LogP contribution in [0, 0.1) is 0 Å². The van der Waals surface area contributed by atoms with Crippen LogP contribution in [0.25, 0.3) is 17.0 Å². The van der Waals surface area contributed by atoms with Gasteiger partial charge in [-0.25, -0.2) is 0 Å². The molecule has 1 aliphatic rings. The van der Waals surface area contributed by atoms with Gasteiger partial charge in [0.05, 0.1) is 43.8 Å². The molecule has 0 saturated carbocycles. The van der Waals surface area contributed by atoms with Crippen LogP contribution in [0.5, 0.6) is 0 Å². The van der Waals surface area contributed by atoms with Crippen LogP contribution in [0.15, 0.2) is 60.4 Å². The summed E-state index contributed by atoms with van der Waals surface area (Å²) in [4.78, 5) is 29.6. The lowest BCUT2D eigenvalue weighted by molar-refractivity contribution is -0.883. The second kappa shape index (κ2) is 8.96. The van der Waals surface area contributed by atoms with E-state index in [9.17, 15) is 9.59 Å². The minimum absolute atomic E-state index is 0.180. The molecule has 31 heavy (non-hydrogen) atoms. The lowest BCUT2D eigenvalue weighted by Gasteiger charge is -2.30. The Bertz CT molecular complexity index is 1160. The van der Waals surface area contributed by atoms with Gasteiger partial charge in [0.1, 0.15) is 5.70 Å². The first-order valence-electron chi connectivity index (χ1n) is 10.4. The third-order valence-corrected chi connectivity index (χ3v) is 6.06. The average Bonchev–Trinajstić information content (AvgIpc) is 3.09. The van der Waals surface area contributed by atoms with Crippen molar-refractivity contribution in [1.82, 2.24) is 14.8 Å². The highest BCUT2D eigenvalue weighted by Gasteiger charge is 2.26. The van der Waals surface area contributed by atoms with Gasteiger partial charge >= 0.3 is 0 Å². The van der Waals surface area contributed by atoms with E-state index in [-0.39, 0.29) is 11.6 Å². The Labute approximate surface area is 186 Å². The highest BCUT2D eigenvalue weighted by molar-refractivity contribution is 6.34. The van der Waals surface area contributed by atoms with Crippen molar-refractivity contribution < 1.29 is 14.5 Å². The molecule has 160 valence electrons. The van der Waals surface area contributed by atoms with E-state index in [0.717, 1.165) is 29.6 Å². The number of amides is 2. The van der Waals surface area contributed by atoms with E-state index in [1.54, 1.807) is 35.2 Å². The van der Waals surface area contributed by atoms with Gasteiger partial charge in [-0.3, -0.25) is 9.59 Å². The summed E-state index contributed by atoms with van der Waals surface area (Å²) < 4.78 is 2.01. The SMILES string of the molecule is Cn1cc(/C=C(\NC(=O)c2ccccc2Cl)C(=O)N2CC[NH+](C)CC2)c2ccccc21. The van der Waals surface area contributed by atoms with Gasteiger partial charge in [0.2, 0.25) is 0 Å². The van der Waals surface area contributed by atoms with Gasteiger partial charge in [0.25, 0.3) is 11.8 Å². The van der Waals surface area contributed by atoms with Crippen LogP contribution in [0.4, 0.5) is 0 Å². The number of likely N-dealkylation sites (N-methyl/N-ethyl adjacent to an activating group) is 1. The van der Waals surface area contributed by atoms with Gasteiger partial charge in [-0.15, -0.1) is 0 Å². The minimum atomic E-state index is -0.398. The summed E-state index contributed by atoms with van der Waals surface area (Å²) >= 11 is 6.21. The Hall–Kier alpha value is -3.09. The van der Waals surface area contributed by atoms with Crippen molar-refractivity contribution in [3.05, 3.63) is 76.6 Å². The first kappa shape index (κ1) is 21.2. The van der Waals surface area contributed by atoms with Gasteiger partial charge in [-0.2, -0.15) is 0 Å².